The van der Waals surface area contributed by atoms with E-state index in [0.717, 1.165) is 18.3 Å². The number of ether oxygens (including phenoxy) is 1. The number of aliphatic hydroxyl groups is 1. The predicted octanol–water partition coefficient (Wildman–Crippen LogP) is -1.61. The van der Waals surface area contributed by atoms with E-state index in [1.165, 1.54) is 32.4 Å². The summed E-state index contributed by atoms with van der Waals surface area (Å²) in [5.74, 6) is 2.12. The molecule has 0 bridgehead atoms. The summed E-state index contributed by atoms with van der Waals surface area (Å²) in [7, 11) is 0. The molecule has 0 aliphatic carbocycles. The average molecular weight is 448 g/mol. The van der Waals surface area contributed by atoms with Crippen LogP contribution in [0.1, 0.15) is 44.8 Å². The first kappa shape index (κ1) is 23.8. The molecule has 27 heavy (non-hydrogen) atoms. The molecule has 3 fully saturated rings. The van der Waals surface area contributed by atoms with Gasteiger partial charge in [-0.05, 0) is 39.3 Å². The Morgan fingerprint density at radius 2 is 2.11 bits per heavy atom. The Bertz CT molecular complexity index is 581. The fraction of sp³-hybridized carbons (Fsp3) is 0.789. The third kappa shape index (κ3) is 7.05. The maximum Gasteiger partial charge on any atom is 1.00 e. The molecule has 0 amide bonds. The van der Waals surface area contributed by atoms with Crippen LogP contribution in [0.25, 0.3) is 0 Å². The van der Waals surface area contributed by atoms with Crippen molar-refractivity contribution in [3.05, 3.63) is 18.1 Å². The van der Waals surface area contributed by atoms with E-state index in [1.54, 1.807) is 6.92 Å². The Balaban J connectivity index is 0.000000241. The molecular weight excluding hydrogens is 416 g/mol. The van der Waals surface area contributed by atoms with Gasteiger partial charge in [0.1, 0.15) is 17.2 Å². The summed E-state index contributed by atoms with van der Waals surface area (Å²) in [6.07, 6.45) is 7.44. The van der Waals surface area contributed by atoms with E-state index < -0.39 is 5.60 Å². The maximum atomic E-state index is 10.1. The van der Waals surface area contributed by atoms with Gasteiger partial charge in [-0.25, -0.2) is 4.98 Å². The number of aryl methyl sites for hydroxylation is 2. The van der Waals surface area contributed by atoms with Crippen LogP contribution in [0.15, 0.2) is 0 Å². The van der Waals surface area contributed by atoms with Gasteiger partial charge in [0, 0.05) is 13.0 Å². The van der Waals surface area contributed by atoms with Crippen LogP contribution in [0.3, 0.4) is 0 Å². The molecule has 0 spiro atoms. The van der Waals surface area contributed by atoms with E-state index in [1.807, 2.05) is 18.7 Å². The minimum atomic E-state index is -0.872. The van der Waals surface area contributed by atoms with Crippen molar-refractivity contribution in [3.8, 4) is 0 Å². The van der Waals surface area contributed by atoms with Crippen LogP contribution in [0, 0.1) is 13.3 Å². The minimum Gasteiger partial charge on any atom is -0.386 e. The van der Waals surface area contributed by atoms with Gasteiger partial charge >= 0.3 is 58.2 Å². The van der Waals surface area contributed by atoms with Crippen molar-refractivity contribution in [2.75, 3.05) is 44.3 Å². The molecule has 1 aromatic heterocycles. The Hall–Kier alpha value is 0.495. The third-order valence-corrected chi connectivity index (χ3v) is 5.13. The second-order valence-corrected chi connectivity index (χ2v) is 7.74. The molecule has 4 heterocycles. The van der Waals surface area contributed by atoms with E-state index in [0.29, 0.717) is 38.1 Å². The summed E-state index contributed by atoms with van der Waals surface area (Å²) in [5.41, 5.74) is -0.872. The normalized spacial score (nSPS) is 28.0. The van der Waals surface area contributed by atoms with Crippen molar-refractivity contribution in [2.45, 2.75) is 58.1 Å². The van der Waals surface area contributed by atoms with Crippen molar-refractivity contribution >= 4 is 5.95 Å². The predicted molar refractivity (Wildman–Crippen MR) is 101 cm³/mol. The Morgan fingerprint density at radius 1 is 1.30 bits per heavy atom. The number of hydrogen-bond acceptors (Lipinski definition) is 7. The molecular formula is C19H32N5O2Rb. The van der Waals surface area contributed by atoms with Gasteiger partial charge < -0.3 is 26.1 Å². The number of nitrogens with zero attached hydrogens (tertiary/aromatic N) is 5. The van der Waals surface area contributed by atoms with Gasteiger partial charge in [-0.3, -0.25) is 0 Å². The first-order chi connectivity index (χ1) is 12.5. The van der Waals surface area contributed by atoms with Crippen molar-refractivity contribution < 1.29 is 68.0 Å². The summed E-state index contributed by atoms with van der Waals surface area (Å²) < 4.78 is 5.39. The number of fused-ring (bicyclic) bond motifs is 1. The quantitative estimate of drug-likeness (QED) is 0.547. The van der Waals surface area contributed by atoms with Crippen molar-refractivity contribution in [1.82, 2.24) is 19.9 Å². The number of rotatable bonds is 2. The van der Waals surface area contributed by atoms with Crippen LogP contribution in [-0.4, -0.2) is 76.0 Å². The van der Waals surface area contributed by atoms with Gasteiger partial charge in [0.25, 0.3) is 0 Å². The van der Waals surface area contributed by atoms with E-state index in [4.69, 9.17) is 4.74 Å². The van der Waals surface area contributed by atoms with Crippen molar-refractivity contribution in [2.24, 2.45) is 0 Å². The topological polar surface area (TPSA) is 74.6 Å². The zero-order valence-electron chi connectivity index (χ0n) is 17.3. The summed E-state index contributed by atoms with van der Waals surface area (Å²) in [6.45, 7) is 10.3. The summed E-state index contributed by atoms with van der Waals surface area (Å²) in [4.78, 5) is 17.6. The largest absolute Gasteiger partial charge is 1.00 e. The van der Waals surface area contributed by atoms with Gasteiger partial charge in [0.2, 0.25) is 5.95 Å². The molecule has 4 rings (SSSR count). The van der Waals surface area contributed by atoms with Crippen LogP contribution >= 0.6 is 0 Å². The standard InChI is InChI=1S/C12H20N4O2.C7H12N.Rb/c1-4-10-13-9(2)14-11(15-10)16-5-6-18-8-12(3,17)7-16;1-3-7-4-2-6-8(7)5-1;/h17H,4-8H2,1-3H3;1,7H,2-6H2;/q;-1;+1/t12-;;/m1../s1. The summed E-state index contributed by atoms with van der Waals surface area (Å²) in [5, 5.41) is 10.1. The average Bonchev–Trinajstić information content (AvgIpc) is 3.17. The fourth-order valence-electron chi connectivity index (χ4n) is 3.83. The first-order valence-electron chi connectivity index (χ1n) is 9.79. The van der Waals surface area contributed by atoms with Gasteiger partial charge in [0.15, 0.2) is 0 Å². The van der Waals surface area contributed by atoms with Crippen LogP contribution in [0.4, 0.5) is 5.95 Å². The second-order valence-electron chi connectivity index (χ2n) is 7.74. The van der Waals surface area contributed by atoms with E-state index in [2.05, 4.69) is 26.3 Å². The fourth-order valence-corrected chi connectivity index (χ4v) is 3.83. The van der Waals surface area contributed by atoms with Crippen LogP contribution in [0.5, 0.6) is 0 Å². The monoisotopic (exact) mass is 447 g/mol. The van der Waals surface area contributed by atoms with Crippen molar-refractivity contribution in [3.63, 3.8) is 0 Å². The number of β-amino-alcohol motifs (C(OH)–C–C–N with tert-alkyl or cyclic N) is 1. The van der Waals surface area contributed by atoms with Gasteiger partial charge in [-0.1, -0.05) is 6.92 Å². The molecule has 7 nitrogen and oxygen atoms in total. The first-order valence-corrected chi connectivity index (χ1v) is 9.79. The maximum absolute atomic E-state index is 10.1. The molecule has 1 N–H and O–H groups in total. The SMILES string of the molecule is CCc1nc(C)nc(N2CCOC[C@](C)(O)C2)n1.[CH-]1CC2CCCN2C1.[Rb+]. The summed E-state index contributed by atoms with van der Waals surface area (Å²) >= 11 is 0. The van der Waals surface area contributed by atoms with Gasteiger partial charge in [-0.15, -0.1) is 6.54 Å². The van der Waals surface area contributed by atoms with Crippen LogP contribution < -0.4 is 63.1 Å². The number of hydrogen-bond donors (Lipinski definition) is 1. The van der Waals surface area contributed by atoms with Crippen molar-refractivity contribution in [1.29, 1.82) is 0 Å². The van der Waals surface area contributed by atoms with E-state index in [-0.39, 0.29) is 58.2 Å². The molecule has 0 radical (unpaired) electrons. The molecule has 3 aliphatic heterocycles. The molecule has 1 aromatic rings. The summed E-state index contributed by atoms with van der Waals surface area (Å²) in [6, 6.07) is 0.954. The molecule has 8 heteroatoms. The van der Waals surface area contributed by atoms with E-state index >= 15 is 0 Å². The Morgan fingerprint density at radius 3 is 2.85 bits per heavy atom. The number of aromatic nitrogens is 3. The minimum absolute atomic E-state index is 0. The molecule has 0 aromatic carbocycles. The van der Waals surface area contributed by atoms with Crippen LogP contribution in [-0.2, 0) is 11.2 Å². The second kappa shape index (κ2) is 11.0. The van der Waals surface area contributed by atoms with Gasteiger partial charge in [-0.2, -0.15) is 16.4 Å². The molecule has 1 unspecified atom stereocenters. The number of anilines is 1. The molecule has 3 saturated heterocycles. The molecule has 2 atom stereocenters. The smallest absolute Gasteiger partial charge is 0.386 e. The van der Waals surface area contributed by atoms with Gasteiger partial charge in [0.05, 0.1) is 19.8 Å². The molecule has 3 aliphatic rings. The Kier molecular flexibility index (Phi) is 9.72. The zero-order chi connectivity index (χ0) is 18.6. The van der Waals surface area contributed by atoms with E-state index in [9.17, 15) is 5.11 Å². The molecule has 146 valence electrons. The third-order valence-electron chi connectivity index (χ3n) is 5.13. The molecule has 0 saturated carbocycles. The Labute approximate surface area is 212 Å². The zero-order valence-corrected chi connectivity index (χ0v) is 22.2. The van der Waals surface area contributed by atoms with Crippen LogP contribution in [0.2, 0.25) is 0 Å².